The molecule has 0 bridgehead atoms. The molecular formula is C16H23NO. The second kappa shape index (κ2) is 4.93. The third-order valence-electron chi connectivity index (χ3n) is 4.70. The van der Waals surface area contributed by atoms with E-state index in [1.165, 1.54) is 43.4 Å². The number of aliphatic hydroxyl groups is 1. The summed E-state index contributed by atoms with van der Waals surface area (Å²) >= 11 is 0. The Morgan fingerprint density at radius 3 is 2.83 bits per heavy atom. The molecular weight excluding hydrogens is 222 g/mol. The standard InChI is InChI=1S/C16H23NO/c1-2-17-15-7-5-3-4-6-13(15)14-10-12(11-18)8-9-16(14)17/h8-10,13,15,18H,2-7,11H2,1H3. The van der Waals surface area contributed by atoms with Crippen molar-refractivity contribution in [3.63, 3.8) is 0 Å². The first-order chi connectivity index (χ1) is 8.85. The third-order valence-corrected chi connectivity index (χ3v) is 4.70. The predicted octanol–water partition coefficient (Wildman–Crippen LogP) is 3.44. The van der Waals surface area contributed by atoms with Gasteiger partial charge in [0.15, 0.2) is 0 Å². The number of hydrogen-bond donors (Lipinski definition) is 1. The van der Waals surface area contributed by atoms with Gasteiger partial charge in [0.05, 0.1) is 6.61 Å². The normalized spacial score (nSPS) is 26.7. The molecule has 1 aliphatic heterocycles. The van der Waals surface area contributed by atoms with Crippen molar-refractivity contribution in [2.75, 3.05) is 11.4 Å². The Morgan fingerprint density at radius 2 is 2.06 bits per heavy atom. The first-order valence-electron chi connectivity index (χ1n) is 7.35. The summed E-state index contributed by atoms with van der Waals surface area (Å²) < 4.78 is 0. The van der Waals surface area contributed by atoms with Crippen molar-refractivity contribution in [1.29, 1.82) is 0 Å². The molecule has 0 radical (unpaired) electrons. The number of rotatable bonds is 2. The maximum atomic E-state index is 9.33. The molecule has 98 valence electrons. The molecule has 2 aliphatic rings. The fourth-order valence-corrected chi connectivity index (χ4v) is 3.87. The van der Waals surface area contributed by atoms with E-state index in [-0.39, 0.29) is 6.61 Å². The molecule has 2 nitrogen and oxygen atoms in total. The van der Waals surface area contributed by atoms with Crippen molar-refractivity contribution < 1.29 is 5.11 Å². The van der Waals surface area contributed by atoms with Crippen LogP contribution in [0, 0.1) is 0 Å². The first-order valence-corrected chi connectivity index (χ1v) is 7.35. The van der Waals surface area contributed by atoms with E-state index in [0.29, 0.717) is 12.0 Å². The highest BCUT2D eigenvalue weighted by atomic mass is 16.3. The van der Waals surface area contributed by atoms with E-state index in [2.05, 4.69) is 30.0 Å². The SMILES string of the molecule is CCN1c2ccc(CO)cc2C2CCCCCC21. The molecule has 1 N–H and O–H groups in total. The van der Waals surface area contributed by atoms with E-state index < -0.39 is 0 Å². The zero-order valence-corrected chi connectivity index (χ0v) is 11.2. The molecule has 0 spiro atoms. The van der Waals surface area contributed by atoms with Crippen LogP contribution >= 0.6 is 0 Å². The number of anilines is 1. The van der Waals surface area contributed by atoms with Gasteiger partial charge in [-0.3, -0.25) is 0 Å². The summed E-state index contributed by atoms with van der Waals surface area (Å²) in [6.45, 7) is 3.53. The lowest BCUT2D eigenvalue weighted by Crippen LogP contribution is -2.33. The van der Waals surface area contributed by atoms with Gasteiger partial charge < -0.3 is 10.0 Å². The molecule has 1 saturated carbocycles. The average Bonchev–Trinajstić information content (AvgIpc) is 2.56. The van der Waals surface area contributed by atoms with Crippen molar-refractivity contribution >= 4 is 5.69 Å². The molecule has 0 amide bonds. The highest BCUT2D eigenvalue weighted by Gasteiger charge is 2.37. The molecule has 1 aliphatic carbocycles. The smallest absolute Gasteiger partial charge is 0.0681 e. The zero-order chi connectivity index (χ0) is 12.5. The summed E-state index contributed by atoms with van der Waals surface area (Å²) in [5.74, 6) is 0.703. The Morgan fingerprint density at radius 1 is 1.22 bits per heavy atom. The van der Waals surface area contributed by atoms with Crippen LogP contribution in [-0.4, -0.2) is 17.7 Å². The molecule has 2 heteroatoms. The van der Waals surface area contributed by atoms with E-state index in [0.717, 1.165) is 12.1 Å². The molecule has 1 heterocycles. The van der Waals surface area contributed by atoms with Crippen LogP contribution in [0.2, 0.25) is 0 Å². The second-order valence-corrected chi connectivity index (χ2v) is 5.65. The van der Waals surface area contributed by atoms with Crippen molar-refractivity contribution in [2.24, 2.45) is 0 Å². The maximum Gasteiger partial charge on any atom is 0.0681 e. The van der Waals surface area contributed by atoms with Crippen LogP contribution < -0.4 is 4.90 Å². The summed E-state index contributed by atoms with van der Waals surface area (Å²) in [5, 5.41) is 9.33. The van der Waals surface area contributed by atoms with E-state index in [1.54, 1.807) is 0 Å². The average molecular weight is 245 g/mol. The molecule has 0 saturated heterocycles. The van der Waals surface area contributed by atoms with Gasteiger partial charge in [-0.25, -0.2) is 0 Å². The predicted molar refractivity (Wildman–Crippen MR) is 75.0 cm³/mol. The van der Waals surface area contributed by atoms with Gasteiger partial charge in [0, 0.05) is 24.2 Å². The van der Waals surface area contributed by atoms with Crippen LogP contribution in [0.25, 0.3) is 0 Å². The minimum Gasteiger partial charge on any atom is -0.392 e. The van der Waals surface area contributed by atoms with Crippen molar-refractivity contribution in [3.05, 3.63) is 29.3 Å². The Labute approximate surface area is 110 Å². The minimum atomic E-state index is 0.163. The summed E-state index contributed by atoms with van der Waals surface area (Å²) in [5.41, 5.74) is 3.98. The lowest BCUT2D eigenvalue weighted by Gasteiger charge is -2.28. The Balaban J connectivity index is 2.02. The maximum absolute atomic E-state index is 9.33. The van der Waals surface area contributed by atoms with Crippen LogP contribution in [0.5, 0.6) is 0 Å². The molecule has 1 fully saturated rings. The summed E-state index contributed by atoms with van der Waals surface area (Å²) in [6, 6.07) is 7.25. The van der Waals surface area contributed by atoms with Crippen LogP contribution in [0.4, 0.5) is 5.69 Å². The monoisotopic (exact) mass is 245 g/mol. The number of benzene rings is 1. The lowest BCUT2D eigenvalue weighted by atomic mass is 9.90. The van der Waals surface area contributed by atoms with Gasteiger partial charge in [0.1, 0.15) is 0 Å². The molecule has 2 atom stereocenters. The molecule has 1 aromatic carbocycles. The molecule has 18 heavy (non-hydrogen) atoms. The third kappa shape index (κ3) is 1.83. The second-order valence-electron chi connectivity index (χ2n) is 5.65. The fraction of sp³-hybridized carbons (Fsp3) is 0.625. The minimum absolute atomic E-state index is 0.163. The van der Waals surface area contributed by atoms with Gasteiger partial charge in [-0.2, -0.15) is 0 Å². The van der Waals surface area contributed by atoms with Gasteiger partial charge in [0.25, 0.3) is 0 Å². The Kier molecular flexibility index (Phi) is 3.29. The van der Waals surface area contributed by atoms with Gasteiger partial charge in [0.2, 0.25) is 0 Å². The summed E-state index contributed by atoms with van der Waals surface area (Å²) in [6.07, 6.45) is 6.78. The van der Waals surface area contributed by atoms with E-state index in [9.17, 15) is 5.11 Å². The van der Waals surface area contributed by atoms with E-state index >= 15 is 0 Å². The highest BCUT2D eigenvalue weighted by Crippen LogP contribution is 2.46. The first kappa shape index (κ1) is 12.0. The molecule has 1 aromatic rings. The molecule has 0 aromatic heterocycles. The zero-order valence-electron chi connectivity index (χ0n) is 11.2. The summed E-state index contributed by atoms with van der Waals surface area (Å²) in [4.78, 5) is 2.59. The quantitative estimate of drug-likeness (QED) is 0.863. The number of nitrogens with zero attached hydrogens (tertiary/aromatic N) is 1. The largest absolute Gasteiger partial charge is 0.392 e. The Hall–Kier alpha value is -1.02. The van der Waals surface area contributed by atoms with Crippen LogP contribution in [-0.2, 0) is 6.61 Å². The van der Waals surface area contributed by atoms with Crippen molar-refractivity contribution in [2.45, 2.75) is 57.6 Å². The van der Waals surface area contributed by atoms with Gasteiger partial charge in [-0.15, -0.1) is 0 Å². The highest BCUT2D eigenvalue weighted by molar-refractivity contribution is 5.63. The van der Waals surface area contributed by atoms with Crippen molar-refractivity contribution in [1.82, 2.24) is 0 Å². The molecule has 3 rings (SSSR count). The number of hydrogen-bond acceptors (Lipinski definition) is 2. The Bertz CT molecular complexity index is 429. The fourth-order valence-electron chi connectivity index (χ4n) is 3.87. The van der Waals surface area contributed by atoms with Crippen LogP contribution in [0.1, 0.15) is 56.1 Å². The molecule has 2 unspecified atom stereocenters. The van der Waals surface area contributed by atoms with E-state index in [1.807, 2.05) is 0 Å². The van der Waals surface area contributed by atoms with Crippen molar-refractivity contribution in [3.8, 4) is 0 Å². The van der Waals surface area contributed by atoms with E-state index in [4.69, 9.17) is 0 Å². The number of fused-ring (bicyclic) bond motifs is 3. The number of likely N-dealkylation sites (N-methyl/N-ethyl adjacent to an activating group) is 1. The lowest BCUT2D eigenvalue weighted by molar-refractivity contribution is 0.281. The van der Waals surface area contributed by atoms with Gasteiger partial charge in [-0.05, 0) is 37.0 Å². The number of aliphatic hydroxyl groups excluding tert-OH is 1. The van der Waals surface area contributed by atoms with Gasteiger partial charge >= 0.3 is 0 Å². The van der Waals surface area contributed by atoms with Crippen LogP contribution in [0.15, 0.2) is 18.2 Å². The topological polar surface area (TPSA) is 23.5 Å². The summed E-state index contributed by atoms with van der Waals surface area (Å²) in [7, 11) is 0. The van der Waals surface area contributed by atoms with Gasteiger partial charge in [-0.1, -0.05) is 31.4 Å². The van der Waals surface area contributed by atoms with Crippen LogP contribution in [0.3, 0.4) is 0 Å².